The molecule has 1 aromatic heterocycles. The Morgan fingerprint density at radius 2 is 1.81 bits per heavy atom. The molecule has 3 rings (SSSR count). The number of carbonyl (C=O) groups excluding carboxylic acids is 1. The molecule has 31 heavy (non-hydrogen) atoms. The minimum absolute atomic E-state index is 0.0931. The fourth-order valence-electron chi connectivity index (χ4n) is 2.78. The molecule has 0 unspecified atom stereocenters. The molecule has 2 aromatic carbocycles. The maximum Gasteiger partial charge on any atom is 0.416 e. The number of fused-ring (bicyclic) bond motifs is 1. The molecule has 3 aromatic rings. The number of nitrogens with one attached hydrogen (secondary N) is 1. The number of hydrogen-bond donors (Lipinski definition) is 2. The van der Waals surface area contributed by atoms with Gasteiger partial charge in [0.2, 0.25) is 0 Å². The van der Waals surface area contributed by atoms with Gasteiger partial charge in [-0.25, -0.2) is 15.0 Å². The molecule has 3 N–H and O–H groups in total. The minimum Gasteiger partial charge on any atom is -0.496 e. The number of carbonyl (C=O) groups is 1. The third-order valence-electron chi connectivity index (χ3n) is 4.19. The van der Waals surface area contributed by atoms with Crippen LogP contribution in [0.2, 0.25) is 0 Å². The van der Waals surface area contributed by atoms with Crippen LogP contribution in [0.15, 0.2) is 68.9 Å². The van der Waals surface area contributed by atoms with Gasteiger partial charge in [-0.2, -0.15) is 18.3 Å². The zero-order valence-corrected chi connectivity index (χ0v) is 16.1. The number of urea groups is 1. The molecule has 0 fully saturated rings. The third-order valence-corrected chi connectivity index (χ3v) is 4.19. The number of ether oxygens (including phenoxy) is 1. The van der Waals surface area contributed by atoms with Crippen molar-refractivity contribution in [3.8, 4) is 5.75 Å². The number of nitrogens with two attached hydrogens (primary N) is 1. The molecule has 0 bridgehead atoms. The maximum absolute atomic E-state index is 12.8. The molecular formula is C21H16F3N3O4. The number of rotatable bonds is 5. The lowest BCUT2D eigenvalue weighted by atomic mass is 10.0. The van der Waals surface area contributed by atoms with E-state index in [1.54, 1.807) is 18.2 Å². The summed E-state index contributed by atoms with van der Waals surface area (Å²) in [5.41, 5.74) is 6.71. The molecular weight excluding hydrogens is 415 g/mol. The lowest BCUT2D eigenvalue weighted by molar-refractivity contribution is -0.137. The first kappa shape index (κ1) is 21.6. The Kier molecular flexibility index (Phi) is 6.10. The molecule has 0 saturated heterocycles. The van der Waals surface area contributed by atoms with Crippen molar-refractivity contribution in [2.45, 2.75) is 6.18 Å². The average molecular weight is 431 g/mol. The van der Waals surface area contributed by atoms with Crippen molar-refractivity contribution < 1.29 is 27.1 Å². The van der Waals surface area contributed by atoms with E-state index in [0.29, 0.717) is 10.9 Å². The number of amides is 2. The van der Waals surface area contributed by atoms with Gasteiger partial charge in [-0.05, 0) is 42.0 Å². The van der Waals surface area contributed by atoms with Crippen molar-refractivity contribution >= 4 is 28.8 Å². The SMILES string of the molecule is COc1ccc2ccc(=O)oc2c1C(/C=C/c1ccc(C(F)(F)F)cc1)=N/NC(N)=O. The van der Waals surface area contributed by atoms with Gasteiger partial charge >= 0.3 is 17.8 Å². The van der Waals surface area contributed by atoms with Crippen LogP contribution in [0.4, 0.5) is 18.0 Å². The molecule has 1 heterocycles. The molecule has 0 saturated carbocycles. The van der Waals surface area contributed by atoms with E-state index in [-0.39, 0.29) is 22.6 Å². The number of methoxy groups -OCH3 is 1. The number of benzene rings is 2. The van der Waals surface area contributed by atoms with Crippen molar-refractivity contribution in [3.05, 3.63) is 81.7 Å². The maximum atomic E-state index is 12.8. The Morgan fingerprint density at radius 1 is 1.13 bits per heavy atom. The Morgan fingerprint density at radius 3 is 2.42 bits per heavy atom. The van der Waals surface area contributed by atoms with E-state index in [1.807, 2.05) is 0 Å². The van der Waals surface area contributed by atoms with Gasteiger partial charge in [0.05, 0.1) is 23.9 Å². The van der Waals surface area contributed by atoms with Gasteiger partial charge in [0.15, 0.2) is 5.58 Å². The molecule has 0 aliphatic carbocycles. The fraction of sp³-hybridized carbons (Fsp3) is 0.0952. The van der Waals surface area contributed by atoms with Crippen LogP contribution in [0.5, 0.6) is 5.75 Å². The molecule has 2 amide bonds. The molecule has 0 spiro atoms. The highest BCUT2D eigenvalue weighted by Gasteiger charge is 2.29. The van der Waals surface area contributed by atoms with Crippen molar-refractivity contribution in [1.29, 1.82) is 0 Å². The highest BCUT2D eigenvalue weighted by atomic mass is 19.4. The number of hydrazone groups is 1. The van der Waals surface area contributed by atoms with Gasteiger partial charge in [0, 0.05) is 11.5 Å². The van der Waals surface area contributed by atoms with Gasteiger partial charge in [-0.15, -0.1) is 0 Å². The van der Waals surface area contributed by atoms with Crippen LogP contribution < -0.4 is 21.5 Å². The summed E-state index contributed by atoms with van der Waals surface area (Å²) in [5.74, 6) is 0.281. The van der Waals surface area contributed by atoms with Crippen LogP contribution in [0.1, 0.15) is 16.7 Å². The van der Waals surface area contributed by atoms with Crippen LogP contribution in [0.25, 0.3) is 17.0 Å². The van der Waals surface area contributed by atoms with Crippen LogP contribution in [0, 0.1) is 0 Å². The van der Waals surface area contributed by atoms with Gasteiger partial charge < -0.3 is 14.9 Å². The molecule has 0 radical (unpaired) electrons. The van der Waals surface area contributed by atoms with E-state index in [4.69, 9.17) is 14.9 Å². The standard InChI is InChI=1S/C21H16F3N3O4/c1-30-16-10-5-13-6-11-17(28)31-19(13)18(16)15(26-27-20(25)29)9-4-12-2-7-14(8-3-12)21(22,23)24/h2-11H,1H3,(H3,25,27,29)/b9-4+,26-15+. The third kappa shape index (κ3) is 5.10. The van der Waals surface area contributed by atoms with E-state index in [0.717, 1.165) is 12.1 Å². The summed E-state index contributed by atoms with van der Waals surface area (Å²) in [6.45, 7) is 0. The Bertz CT molecular complexity index is 1230. The summed E-state index contributed by atoms with van der Waals surface area (Å²) in [4.78, 5) is 23.0. The predicted molar refractivity (Wildman–Crippen MR) is 109 cm³/mol. The number of allylic oxidation sites excluding steroid dienone is 1. The second-order valence-electron chi connectivity index (χ2n) is 6.24. The minimum atomic E-state index is -4.45. The normalized spacial score (nSPS) is 12.3. The van der Waals surface area contributed by atoms with E-state index < -0.39 is 23.4 Å². The largest absolute Gasteiger partial charge is 0.496 e. The number of primary amides is 1. The smallest absolute Gasteiger partial charge is 0.416 e. The lowest BCUT2D eigenvalue weighted by Gasteiger charge is -2.11. The number of nitrogens with zero attached hydrogens (tertiary/aromatic N) is 1. The van der Waals surface area contributed by atoms with E-state index in [2.05, 4.69) is 10.5 Å². The van der Waals surface area contributed by atoms with E-state index >= 15 is 0 Å². The number of halogens is 3. The first-order chi connectivity index (χ1) is 14.7. The summed E-state index contributed by atoms with van der Waals surface area (Å²) in [7, 11) is 1.39. The van der Waals surface area contributed by atoms with Gasteiger partial charge in [-0.3, -0.25) is 0 Å². The summed E-state index contributed by atoms with van der Waals surface area (Å²) < 4.78 is 48.9. The number of hydrogen-bond acceptors (Lipinski definition) is 5. The van der Waals surface area contributed by atoms with Gasteiger partial charge in [-0.1, -0.05) is 18.2 Å². The highest BCUT2D eigenvalue weighted by molar-refractivity contribution is 6.18. The Hall–Kier alpha value is -4.08. The van der Waals surface area contributed by atoms with Crippen LogP contribution >= 0.6 is 0 Å². The van der Waals surface area contributed by atoms with Crippen molar-refractivity contribution in [2.75, 3.05) is 7.11 Å². The van der Waals surface area contributed by atoms with Gasteiger partial charge in [0.25, 0.3) is 0 Å². The highest BCUT2D eigenvalue weighted by Crippen LogP contribution is 2.30. The van der Waals surface area contributed by atoms with Crippen LogP contribution in [-0.2, 0) is 6.18 Å². The van der Waals surface area contributed by atoms with E-state index in [9.17, 15) is 22.8 Å². The Labute approximate surface area is 173 Å². The summed E-state index contributed by atoms with van der Waals surface area (Å²) >= 11 is 0. The zero-order chi connectivity index (χ0) is 22.6. The van der Waals surface area contributed by atoms with Crippen LogP contribution in [-0.4, -0.2) is 18.9 Å². The molecule has 0 atom stereocenters. The predicted octanol–water partition coefficient (Wildman–Crippen LogP) is 3.91. The quantitative estimate of drug-likeness (QED) is 0.363. The number of alkyl halides is 3. The summed E-state index contributed by atoms with van der Waals surface area (Å²) in [6, 6.07) is 9.56. The second kappa shape index (κ2) is 8.74. The zero-order valence-electron chi connectivity index (χ0n) is 16.1. The van der Waals surface area contributed by atoms with Gasteiger partial charge in [0.1, 0.15) is 5.75 Å². The second-order valence-corrected chi connectivity index (χ2v) is 6.24. The first-order valence-electron chi connectivity index (χ1n) is 8.79. The average Bonchev–Trinajstić information content (AvgIpc) is 2.72. The van der Waals surface area contributed by atoms with E-state index in [1.165, 1.54) is 37.5 Å². The molecule has 160 valence electrons. The lowest BCUT2D eigenvalue weighted by Crippen LogP contribution is -2.25. The van der Waals surface area contributed by atoms with Crippen molar-refractivity contribution in [3.63, 3.8) is 0 Å². The molecule has 0 aliphatic heterocycles. The Balaban J connectivity index is 2.12. The summed E-state index contributed by atoms with van der Waals surface area (Å²) in [6.07, 6.45) is -1.56. The monoisotopic (exact) mass is 431 g/mol. The van der Waals surface area contributed by atoms with Crippen LogP contribution in [0.3, 0.4) is 0 Å². The molecule has 10 heteroatoms. The fourth-order valence-corrected chi connectivity index (χ4v) is 2.78. The topological polar surface area (TPSA) is 107 Å². The molecule has 0 aliphatic rings. The first-order valence-corrected chi connectivity index (χ1v) is 8.79. The van der Waals surface area contributed by atoms with Crippen molar-refractivity contribution in [2.24, 2.45) is 10.8 Å². The van der Waals surface area contributed by atoms with Crippen molar-refractivity contribution in [1.82, 2.24) is 5.43 Å². The summed E-state index contributed by atoms with van der Waals surface area (Å²) in [5, 5.41) is 4.50. The molecule has 7 nitrogen and oxygen atoms in total.